The average molecular weight is 279 g/mol. The minimum absolute atomic E-state index is 0.0419. The van der Waals surface area contributed by atoms with Gasteiger partial charge in [-0.2, -0.15) is 4.98 Å². The van der Waals surface area contributed by atoms with Crippen molar-refractivity contribution >= 4 is 28.8 Å². The number of aromatic nitrogens is 2. The third-order valence-electron chi connectivity index (χ3n) is 2.53. The molecule has 7 heteroatoms. The first-order chi connectivity index (χ1) is 9.10. The van der Waals surface area contributed by atoms with Crippen LogP contribution in [0, 0.1) is 10.1 Å². The highest BCUT2D eigenvalue weighted by molar-refractivity contribution is 6.28. The van der Waals surface area contributed by atoms with Crippen LogP contribution in [0.25, 0.3) is 0 Å². The van der Waals surface area contributed by atoms with Gasteiger partial charge >= 0.3 is 5.69 Å². The molecular weight excluding hydrogens is 268 g/mol. The fourth-order valence-corrected chi connectivity index (χ4v) is 1.72. The number of nitrogens with one attached hydrogen (secondary N) is 1. The lowest BCUT2D eigenvalue weighted by Crippen LogP contribution is -2.01. The first kappa shape index (κ1) is 13.2. The third kappa shape index (κ3) is 3.17. The van der Waals surface area contributed by atoms with Crippen molar-refractivity contribution in [2.24, 2.45) is 0 Å². The molecule has 0 fully saturated rings. The highest BCUT2D eigenvalue weighted by Crippen LogP contribution is 2.26. The molecule has 2 aromatic rings. The summed E-state index contributed by atoms with van der Waals surface area (Å²) in [6.07, 6.45) is 1.96. The van der Waals surface area contributed by atoms with Crippen molar-refractivity contribution in [3.8, 4) is 0 Å². The summed E-state index contributed by atoms with van der Waals surface area (Å²) in [4.78, 5) is 17.8. The third-order valence-corrected chi connectivity index (χ3v) is 2.72. The van der Waals surface area contributed by atoms with E-state index in [9.17, 15) is 10.1 Å². The molecule has 0 aliphatic heterocycles. The molecule has 0 aliphatic rings. The Labute approximate surface area is 114 Å². The zero-order chi connectivity index (χ0) is 13.8. The molecule has 19 heavy (non-hydrogen) atoms. The SMILES string of the molecule is CCc1cccc(Nc2nc(Cl)ncc2[N+](=O)[O-])c1. The van der Waals surface area contributed by atoms with E-state index in [1.807, 2.05) is 25.1 Å². The maximum atomic E-state index is 10.9. The second kappa shape index (κ2) is 5.62. The van der Waals surface area contributed by atoms with E-state index in [0.29, 0.717) is 0 Å². The minimum atomic E-state index is -0.553. The van der Waals surface area contributed by atoms with Crippen LogP contribution in [0.2, 0.25) is 5.28 Å². The van der Waals surface area contributed by atoms with Crippen LogP contribution in [0.4, 0.5) is 17.2 Å². The number of rotatable bonds is 4. The molecule has 0 saturated carbocycles. The Morgan fingerprint density at radius 3 is 2.95 bits per heavy atom. The lowest BCUT2D eigenvalue weighted by molar-refractivity contribution is -0.384. The first-order valence-electron chi connectivity index (χ1n) is 5.63. The van der Waals surface area contributed by atoms with E-state index < -0.39 is 4.92 Å². The van der Waals surface area contributed by atoms with Gasteiger partial charge in [0.25, 0.3) is 0 Å². The average Bonchev–Trinajstić information content (AvgIpc) is 2.38. The molecule has 1 aromatic carbocycles. The molecule has 0 bridgehead atoms. The lowest BCUT2D eigenvalue weighted by Gasteiger charge is -2.07. The number of nitro groups is 1. The lowest BCUT2D eigenvalue weighted by atomic mass is 10.1. The van der Waals surface area contributed by atoms with Crippen LogP contribution in [0.15, 0.2) is 30.5 Å². The van der Waals surface area contributed by atoms with Crippen LogP contribution in [0.5, 0.6) is 0 Å². The van der Waals surface area contributed by atoms with Gasteiger partial charge in [0.2, 0.25) is 11.1 Å². The van der Waals surface area contributed by atoms with Crippen LogP contribution in [0.1, 0.15) is 12.5 Å². The van der Waals surface area contributed by atoms with Crippen molar-refractivity contribution < 1.29 is 4.92 Å². The molecule has 1 aromatic heterocycles. The van der Waals surface area contributed by atoms with Gasteiger partial charge in [0.15, 0.2) is 0 Å². The predicted molar refractivity (Wildman–Crippen MR) is 72.8 cm³/mol. The van der Waals surface area contributed by atoms with E-state index in [1.165, 1.54) is 0 Å². The van der Waals surface area contributed by atoms with Gasteiger partial charge in [-0.25, -0.2) is 4.98 Å². The molecule has 0 aliphatic carbocycles. The molecule has 1 N–H and O–H groups in total. The van der Waals surface area contributed by atoms with Crippen molar-refractivity contribution in [3.05, 3.63) is 51.4 Å². The zero-order valence-electron chi connectivity index (χ0n) is 10.1. The predicted octanol–water partition coefficient (Wildman–Crippen LogP) is 3.34. The number of nitrogens with zero attached hydrogens (tertiary/aromatic N) is 3. The number of hydrogen-bond donors (Lipinski definition) is 1. The normalized spacial score (nSPS) is 10.2. The summed E-state index contributed by atoms with van der Waals surface area (Å²) in [5.41, 5.74) is 1.62. The van der Waals surface area contributed by atoms with E-state index >= 15 is 0 Å². The highest BCUT2D eigenvalue weighted by atomic mass is 35.5. The Balaban J connectivity index is 2.36. The van der Waals surface area contributed by atoms with Gasteiger partial charge in [-0.05, 0) is 35.7 Å². The van der Waals surface area contributed by atoms with E-state index in [4.69, 9.17) is 11.6 Å². The van der Waals surface area contributed by atoms with Crippen molar-refractivity contribution in [1.82, 2.24) is 9.97 Å². The minimum Gasteiger partial charge on any atom is -0.334 e. The summed E-state index contributed by atoms with van der Waals surface area (Å²) in [6.45, 7) is 2.03. The Morgan fingerprint density at radius 2 is 2.26 bits per heavy atom. The number of aryl methyl sites for hydroxylation is 1. The second-order valence-corrected chi connectivity index (χ2v) is 4.15. The Bertz CT molecular complexity index is 618. The van der Waals surface area contributed by atoms with Crippen molar-refractivity contribution in [1.29, 1.82) is 0 Å². The van der Waals surface area contributed by atoms with Crippen LogP contribution in [0.3, 0.4) is 0 Å². The van der Waals surface area contributed by atoms with E-state index in [-0.39, 0.29) is 16.8 Å². The summed E-state index contributed by atoms with van der Waals surface area (Å²) in [5.74, 6) is 0.0817. The standard InChI is InChI=1S/C12H11ClN4O2/c1-2-8-4-3-5-9(6-8)15-11-10(17(18)19)7-14-12(13)16-11/h3-7H,2H2,1H3,(H,14,15,16). The van der Waals surface area contributed by atoms with Crippen LogP contribution < -0.4 is 5.32 Å². The van der Waals surface area contributed by atoms with E-state index in [1.54, 1.807) is 6.07 Å². The Kier molecular flexibility index (Phi) is 3.91. The van der Waals surface area contributed by atoms with Gasteiger partial charge in [0.1, 0.15) is 6.20 Å². The summed E-state index contributed by atoms with van der Waals surface area (Å²) in [6, 6.07) is 7.56. The quantitative estimate of drug-likeness (QED) is 0.527. The largest absolute Gasteiger partial charge is 0.334 e. The van der Waals surface area contributed by atoms with Gasteiger partial charge < -0.3 is 5.32 Å². The fraction of sp³-hybridized carbons (Fsp3) is 0.167. The van der Waals surface area contributed by atoms with Crippen molar-refractivity contribution in [3.63, 3.8) is 0 Å². The molecule has 98 valence electrons. The summed E-state index contributed by atoms with van der Waals surface area (Å²) < 4.78 is 0. The van der Waals surface area contributed by atoms with Crippen molar-refractivity contribution in [2.75, 3.05) is 5.32 Å². The molecule has 2 rings (SSSR count). The number of halogens is 1. The fourth-order valence-electron chi connectivity index (χ4n) is 1.59. The molecular formula is C12H11ClN4O2. The molecule has 1 heterocycles. The highest BCUT2D eigenvalue weighted by Gasteiger charge is 2.17. The first-order valence-corrected chi connectivity index (χ1v) is 6.01. The monoisotopic (exact) mass is 278 g/mol. The number of hydrogen-bond acceptors (Lipinski definition) is 5. The summed E-state index contributed by atoms with van der Waals surface area (Å²) >= 11 is 5.66. The topological polar surface area (TPSA) is 81.0 Å². The van der Waals surface area contributed by atoms with Crippen molar-refractivity contribution in [2.45, 2.75) is 13.3 Å². The van der Waals surface area contributed by atoms with E-state index in [2.05, 4.69) is 15.3 Å². The number of anilines is 2. The summed E-state index contributed by atoms with van der Waals surface area (Å²) in [7, 11) is 0. The van der Waals surface area contributed by atoms with Gasteiger partial charge in [-0.3, -0.25) is 10.1 Å². The molecule has 0 spiro atoms. The zero-order valence-corrected chi connectivity index (χ0v) is 10.9. The van der Waals surface area contributed by atoms with Gasteiger partial charge in [-0.15, -0.1) is 0 Å². The molecule has 6 nitrogen and oxygen atoms in total. The van der Waals surface area contributed by atoms with Gasteiger partial charge in [0.05, 0.1) is 4.92 Å². The van der Waals surface area contributed by atoms with Crippen LogP contribution in [-0.2, 0) is 6.42 Å². The van der Waals surface area contributed by atoms with Gasteiger partial charge in [-0.1, -0.05) is 19.1 Å². The molecule has 0 radical (unpaired) electrons. The second-order valence-electron chi connectivity index (χ2n) is 3.81. The maximum absolute atomic E-state index is 10.9. The smallest absolute Gasteiger partial charge is 0.329 e. The molecule has 0 amide bonds. The number of benzene rings is 1. The van der Waals surface area contributed by atoms with Crippen LogP contribution >= 0.6 is 11.6 Å². The molecule has 0 saturated heterocycles. The van der Waals surface area contributed by atoms with Crippen LogP contribution in [-0.4, -0.2) is 14.9 Å². The Hall–Kier alpha value is -2.21. The molecule has 0 unspecified atom stereocenters. The Morgan fingerprint density at radius 1 is 1.47 bits per heavy atom. The van der Waals surface area contributed by atoms with E-state index in [0.717, 1.165) is 23.9 Å². The molecule has 0 atom stereocenters. The maximum Gasteiger partial charge on any atom is 0.329 e. The summed E-state index contributed by atoms with van der Waals surface area (Å²) in [5, 5.41) is 13.7. The van der Waals surface area contributed by atoms with Gasteiger partial charge in [0, 0.05) is 5.69 Å².